The molecule has 2 saturated carbocycles. The van der Waals surface area contributed by atoms with Gasteiger partial charge in [0.2, 0.25) is 0 Å². The number of benzene rings is 1. The van der Waals surface area contributed by atoms with Crippen LogP contribution in [-0.4, -0.2) is 38.9 Å². The van der Waals surface area contributed by atoms with Gasteiger partial charge in [0.15, 0.2) is 0 Å². The maximum atomic E-state index is 11.6. The molecule has 3 aromatic heterocycles. The zero-order valence-electron chi connectivity index (χ0n) is 21.6. The first kappa shape index (κ1) is 24.7. The molecule has 1 aliphatic heterocycles. The maximum Gasteiger partial charge on any atom is 0.337 e. The van der Waals surface area contributed by atoms with E-state index in [2.05, 4.69) is 16.1 Å². The van der Waals surface area contributed by atoms with Gasteiger partial charge in [0, 0.05) is 49.3 Å². The highest BCUT2D eigenvalue weighted by molar-refractivity contribution is 6.39. The fraction of sp³-hybridized carbons (Fsp3) is 0.367. The Morgan fingerprint density at radius 2 is 1.97 bits per heavy atom. The Morgan fingerprint density at radius 3 is 2.69 bits per heavy atom. The molecule has 0 bridgehead atoms. The Bertz CT molecular complexity index is 1640. The quantitative estimate of drug-likeness (QED) is 0.266. The predicted molar refractivity (Wildman–Crippen MR) is 153 cm³/mol. The van der Waals surface area contributed by atoms with Crippen molar-refractivity contribution in [3.63, 3.8) is 0 Å². The number of anilines is 1. The third-order valence-electron chi connectivity index (χ3n) is 8.53. The smallest absolute Gasteiger partial charge is 0.337 e. The lowest BCUT2D eigenvalue weighted by molar-refractivity contribution is 0.0699. The molecular formula is C30H28Cl2N4O3. The summed E-state index contributed by atoms with van der Waals surface area (Å²) < 4.78 is 7.66. The van der Waals surface area contributed by atoms with E-state index in [1.165, 1.54) is 18.4 Å². The molecule has 4 aromatic rings. The van der Waals surface area contributed by atoms with Gasteiger partial charge in [0.1, 0.15) is 22.9 Å². The van der Waals surface area contributed by atoms with Crippen molar-refractivity contribution in [2.75, 3.05) is 18.0 Å². The molecule has 2 aliphatic carbocycles. The third-order valence-corrected chi connectivity index (χ3v) is 9.16. The van der Waals surface area contributed by atoms with Crippen LogP contribution in [0, 0.1) is 11.3 Å². The number of aromatic nitrogens is 3. The van der Waals surface area contributed by atoms with Crippen LogP contribution in [0.25, 0.3) is 28.4 Å². The van der Waals surface area contributed by atoms with Gasteiger partial charge in [-0.05, 0) is 73.8 Å². The first-order valence-corrected chi connectivity index (χ1v) is 14.1. The topological polar surface area (TPSA) is 84.4 Å². The highest BCUT2D eigenvalue weighted by Gasteiger charge is 2.46. The van der Waals surface area contributed by atoms with Crippen LogP contribution in [0.4, 0.5) is 5.82 Å². The molecule has 1 aromatic carbocycles. The minimum absolute atomic E-state index is 0.221. The van der Waals surface area contributed by atoms with Crippen molar-refractivity contribution in [3.05, 3.63) is 69.0 Å². The molecule has 0 atom stereocenters. The Labute approximate surface area is 236 Å². The summed E-state index contributed by atoms with van der Waals surface area (Å²) in [6.45, 7) is 1.86. The number of aryl methyl sites for hydroxylation is 1. The molecule has 0 unspecified atom stereocenters. The van der Waals surface area contributed by atoms with Crippen molar-refractivity contribution in [1.29, 1.82) is 0 Å². The number of carboxylic acid groups (broad SMARTS) is 1. The van der Waals surface area contributed by atoms with Crippen LogP contribution in [0.2, 0.25) is 10.0 Å². The number of aromatic carboxylic acids is 1. The van der Waals surface area contributed by atoms with Crippen LogP contribution in [0.5, 0.6) is 0 Å². The zero-order valence-corrected chi connectivity index (χ0v) is 23.1. The Kier molecular flexibility index (Phi) is 5.79. The molecule has 1 saturated heterocycles. The largest absolute Gasteiger partial charge is 0.478 e. The van der Waals surface area contributed by atoms with E-state index in [0.29, 0.717) is 27.0 Å². The number of hydrogen-bond donors (Lipinski definition) is 1. The van der Waals surface area contributed by atoms with Gasteiger partial charge in [-0.3, -0.25) is 0 Å². The standard InChI is InChI=1S/C30H28Cl2N4O3/c1-35-15-21(29(37)38)19-7-8-25(33-28(19)35)36-10-9-30(16-36)13-18(14-30)11-20-24(12-17-5-6-17)39-34-27(20)26-22(31)3-2-4-23(26)32/h2-4,7-8,11,15,17H,5-6,9-10,12-14,16H2,1H3,(H,37,38). The van der Waals surface area contributed by atoms with Gasteiger partial charge in [-0.1, -0.05) is 40.0 Å². The molecule has 3 aliphatic rings. The highest BCUT2D eigenvalue weighted by atomic mass is 35.5. The van der Waals surface area contributed by atoms with Crippen molar-refractivity contribution in [2.45, 2.75) is 38.5 Å². The first-order chi connectivity index (χ1) is 18.8. The van der Waals surface area contributed by atoms with Gasteiger partial charge in [0.05, 0.1) is 15.6 Å². The second-order valence-electron chi connectivity index (χ2n) is 11.4. The molecule has 0 radical (unpaired) electrons. The average Bonchev–Trinajstić information content (AvgIpc) is 3.30. The molecule has 3 fully saturated rings. The SMILES string of the molecule is Cn1cc(C(=O)O)c2ccc(N3CCC4(CC(=Cc5c(-c6c(Cl)cccc6Cl)noc5CC5CC5)C4)C3)nc21. The van der Waals surface area contributed by atoms with Crippen LogP contribution in [-0.2, 0) is 13.5 Å². The summed E-state index contributed by atoms with van der Waals surface area (Å²) in [4.78, 5) is 18.7. The fourth-order valence-electron chi connectivity index (χ4n) is 6.34. The van der Waals surface area contributed by atoms with Crippen LogP contribution in [0.3, 0.4) is 0 Å². The summed E-state index contributed by atoms with van der Waals surface area (Å²) >= 11 is 13.1. The second-order valence-corrected chi connectivity index (χ2v) is 12.3. The number of rotatable bonds is 6. The van der Waals surface area contributed by atoms with E-state index in [9.17, 15) is 9.90 Å². The van der Waals surface area contributed by atoms with Gasteiger partial charge in [-0.25, -0.2) is 9.78 Å². The van der Waals surface area contributed by atoms with Gasteiger partial charge in [-0.2, -0.15) is 0 Å². The van der Waals surface area contributed by atoms with E-state index in [4.69, 9.17) is 32.7 Å². The molecular weight excluding hydrogens is 535 g/mol. The summed E-state index contributed by atoms with van der Waals surface area (Å²) in [6, 6.07) is 9.35. The summed E-state index contributed by atoms with van der Waals surface area (Å²) in [5.74, 6) is 1.56. The lowest BCUT2D eigenvalue weighted by Crippen LogP contribution is -2.35. The van der Waals surface area contributed by atoms with E-state index in [1.807, 2.05) is 37.4 Å². The third kappa shape index (κ3) is 4.32. The van der Waals surface area contributed by atoms with Gasteiger partial charge >= 0.3 is 5.97 Å². The van der Waals surface area contributed by atoms with Crippen molar-refractivity contribution in [2.24, 2.45) is 18.4 Å². The van der Waals surface area contributed by atoms with Gasteiger partial charge in [0.25, 0.3) is 0 Å². The summed E-state index contributed by atoms with van der Waals surface area (Å²) in [5, 5.41) is 15.7. The van der Waals surface area contributed by atoms with Gasteiger partial charge < -0.3 is 19.1 Å². The maximum absolute atomic E-state index is 11.6. The van der Waals surface area contributed by atoms with Crippen LogP contribution >= 0.6 is 23.2 Å². The van der Waals surface area contributed by atoms with Crippen molar-refractivity contribution >= 4 is 52.1 Å². The number of halogens is 2. The highest BCUT2D eigenvalue weighted by Crippen LogP contribution is 2.53. The van der Waals surface area contributed by atoms with E-state index < -0.39 is 5.97 Å². The number of carbonyl (C=O) groups is 1. The molecule has 7 rings (SSSR count). The van der Waals surface area contributed by atoms with Crippen LogP contribution in [0.15, 0.2) is 46.6 Å². The lowest BCUT2D eigenvalue weighted by atomic mass is 9.64. The second kappa shape index (κ2) is 9.14. The minimum Gasteiger partial charge on any atom is -0.478 e. The lowest BCUT2D eigenvalue weighted by Gasteiger charge is -2.41. The number of nitrogens with zero attached hydrogens (tertiary/aromatic N) is 4. The van der Waals surface area contributed by atoms with E-state index >= 15 is 0 Å². The summed E-state index contributed by atoms with van der Waals surface area (Å²) in [6.07, 6.45) is 10.4. The number of carboxylic acids is 1. The van der Waals surface area contributed by atoms with Gasteiger partial charge in [-0.15, -0.1) is 0 Å². The molecule has 9 heteroatoms. The monoisotopic (exact) mass is 562 g/mol. The summed E-state index contributed by atoms with van der Waals surface area (Å²) in [7, 11) is 1.84. The predicted octanol–water partition coefficient (Wildman–Crippen LogP) is 7.26. The molecule has 4 heterocycles. The Hall–Kier alpha value is -3.29. The fourth-order valence-corrected chi connectivity index (χ4v) is 6.92. The first-order valence-electron chi connectivity index (χ1n) is 13.4. The molecule has 0 amide bonds. The van der Waals surface area contributed by atoms with E-state index in [1.54, 1.807) is 10.8 Å². The number of allylic oxidation sites excluding steroid dienone is 1. The minimum atomic E-state index is -0.933. The summed E-state index contributed by atoms with van der Waals surface area (Å²) in [5.41, 5.74) is 5.06. The van der Waals surface area contributed by atoms with E-state index in [0.717, 1.165) is 67.2 Å². The van der Waals surface area contributed by atoms with Crippen LogP contribution in [0.1, 0.15) is 53.8 Å². The number of fused-ring (bicyclic) bond motifs is 1. The normalized spacial score (nSPS) is 20.7. The van der Waals surface area contributed by atoms with E-state index in [-0.39, 0.29) is 11.0 Å². The Balaban J connectivity index is 1.13. The number of hydrogen-bond acceptors (Lipinski definition) is 5. The molecule has 7 nitrogen and oxygen atoms in total. The molecule has 1 spiro atoms. The zero-order chi connectivity index (χ0) is 26.9. The Morgan fingerprint density at radius 1 is 1.21 bits per heavy atom. The molecule has 39 heavy (non-hydrogen) atoms. The van der Waals surface area contributed by atoms with Crippen molar-refractivity contribution in [1.82, 2.24) is 14.7 Å². The number of pyridine rings is 1. The molecule has 200 valence electrons. The van der Waals surface area contributed by atoms with Crippen molar-refractivity contribution < 1.29 is 14.4 Å². The van der Waals surface area contributed by atoms with Crippen molar-refractivity contribution in [3.8, 4) is 11.3 Å². The average molecular weight is 563 g/mol. The molecule has 1 N–H and O–H groups in total. The van der Waals surface area contributed by atoms with Crippen LogP contribution < -0.4 is 4.90 Å².